The van der Waals surface area contributed by atoms with Gasteiger partial charge in [0.15, 0.2) is 0 Å². The summed E-state index contributed by atoms with van der Waals surface area (Å²) in [5, 5.41) is 6.08. The number of rotatable bonds is 6. The molecule has 0 aliphatic heterocycles. The first kappa shape index (κ1) is 16.7. The van der Waals surface area contributed by atoms with E-state index in [2.05, 4.69) is 4.99 Å². The van der Waals surface area contributed by atoms with E-state index in [-0.39, 0.29) is 18.8 Å². The average Bonchev–Trinajstić information content (AvgIpc) is 2.07. The van der Waals surface area contributed by atoms with Crippen molar-refractivity contribution in [2.45, 2.75) is 24.8 Å². The number of nitrogens with zero attached hydrogens (tertiary/aromatic N) is 1. The van der Waals surface area contributed by atoms with Crippen LogP contribution in [0, 0.1) is 0 Å². The van der Waals surface area contributed by atoms with Crippen molar-refractivity contribution in [3.63, 3.8) is 0 Å². The molecule has 0 heterocycles. The van der Waals surface area contributed by atoms with Crippen LogP contribution >= 0.6 is 15.2 Å². The standard InChI is InChI=1S/C6H16N2O7P2/c1-5(7)8-4-2-3-6(9,16(10,11)12)17(13,14)15/h9H,2-4H2,1H3,(H2,7,8)(H2,10,11,12)(H2,13,14,15). The zero-order chi connectivity index (χ0) is 13.9. The highest BCUT2D eigenvalue weighted by Gasteiger charge is 2.58. The van der Waals surface area contributed by atoms with E-state index in [1.54, 1.807) is 0 Å². The number of hydrogen-bond donors (Lipinski definition) is 6. The molecule has 0 unspecified atom stereocenters. The Morgan fingerprint density at radius 1 is 1.24 bits per heavy atom. The Morgan fingerprint density at radius 2 is 1.65 bits per heavy atom. The maximum Gasteiger partial charge on any atom is 0.369 e. The molecule has 0 bridgehead atoms. The Kier molecular flexibility index (Phi) is 5.49. The summed E-state index contributed by atoms with van der Waals surface area (Å²) in [5.41, 5.74) is 5.19. The largest absolute Gasteiger partial charge is 0.388 e. The van der Waals surface area contributed by atoms with Gasteiger partial charge in [-0.1, -0.05) is 0 Å². The van der Waals surface area contributed by atoms with Crippen LogP contribution in [-0.4, -0.2) is 42.1 Å². The van der Waals surface area contributed by atoms with E-state index >= 15 is 0 Å². The molecule has 0 aliphatic rings. The fourth-order valence-electron chi connectivity index (χ4n) is 1.03. The smallest absolute Gasteiger partial charge is 0.369 e. The van der Waals surface area contributed by atoms with Crippen molar-refractivity contribution in [1.82, 2.24) is 0 Å². The van der Waals surface area contributed by atoms with Crippen LogP contribution in [0.5, 0.6) is 0 Å². The van der Waals surface area contributed by atoms with Gasteiger partial charge >= 0.3 is 15.2 Å². The first-order chi connectivity index (χ1) is 7.42. The molecule has 0 radical (unpaired) electrons. The van der Waals surface area contributed by atoms with Crippen molar-refractivity contribution >= 4 is 21.0 Å². The summed E-state index contributed by atoms with van der Waals surface area (Å²) in [6, 6.07) is 0. The van der Waals surface area contributed by atoms with Gasteiger partial charge < -0.3 is 30.4 Å². The molecule has 0 spiro atoms. The van der Waals surface area contributed by atoms with E-state index in [1.165, 1.54) is 6.92 Å². The Balaban J connectivity index is 4.84. The first-order valence-corrected chi connectivity index (χ1v) is 7.74. The molecule has 102 valence electrons. The lowest BCUT2D eigenvalue weighted by atomic mass is 10.3. The Hall–Kier alpha value is -0.270. The normalized spacial score (nSPS) is 15.1. The minimum atomic E-state index is -5.36. The molecular formula is C6H16N2O7P2. The molecule has 0 aromatic heterocycles. The Labute approximate surface area is 97.7 Å². The average molecular weight is 290 g/mol. The van der Waals surface area contributed by atoms with Gasteiger partial charge in [-0.15, -0.1) is 0 Å². The summed E-state index contributed by atoms with van der Waals surface area (Å²) in [6.07, 6.45) is -0.903. The van der Waals surface area contributed by atoms with Gasteiger partial charge in [-0.2, -0.15) is 0 Å². The second kappa shape index (κ2) is 5.58. The number of aliphatic imine (C=N–C) groups is 1. The van der Waals surface area contributed by atoms with E-state index in [9.17, 15) is 14.2 Å². The Bertz CT molecular complexity index is 358. The van der Waals surface area contributed by atoms with Crippen molar-refractivity contribution in [3.05, 3.63) is 0 Å². The maximum absolute atomic E-state index is 10.9. The van der Waals surface area contributed by atoms with Gasteiger partial charge in [-0.3, -0.25) is 14.1 Å². The molecule has 17 heavy (non-hydrogen) atoms. The molecule has 0 amide bonds. The van der Waals surface area contributed by atoms with Gasteiger partial charge in [-0.25, -0.2) is 0 Å². The van der Waals surface area contributed by atoms with Crippen molar-refractivity contribution < 1.29 is 33.8 Å². The van der Waals surface area contributed by atoms with Gasteiger partial charge in [0, 0.05) is 13.0 Å². The van der Waals surface area contributed by atoms with Crippen LogP contribution in [-0.2, 0) is 9.13 Å². The summed E-state index contributed by atoms with van der Waals surface area (Å²) >= 11 is 0. The minimum Gasteiger partial charge on any atom is -0.388 e. The zero-order valence-electron chi connectivity index (χ0n) is 9.09. The molecule has 0 aromatic carbocycles. The lowest BCUT2D eigenvalue weighted by Gasteiger charge is -2.28. The van der Waals surface area contributed by atoms with Crippen molar-refractivity contribution in [1.29, 1.82) is 0 Å². The van der Waals surface area contributed by atoms with Gasteiger partial charge in [-0.05, 0) is 13.3 Å². The van der Waals surface area contributed by atoms with Crippen molar-refractivity contribution in [3.8, 4) is 0 Å². The molecule has 0 atom stereocenters. The highest BCUT2D eigenvalue weighted by molar-refractivity contribution is 7.72. The molecule has 9 nitrogen and oxygen atoms in total. The molecule has 0 rings (SSSR count). The predicted octanol–water partition coefficient (Wildman–Crippen LogP) is -0.855. The fourth-order valence-corrected chi connectivity index (χ4v) is 3.29. The van der Waals surface area contributed by atoms with Crippen molar-refractivity contribution in [2.75, 3.05) is 6.54 Å². The summed E-state index contributed by atoms with van der Waals surface area (Å²) in [4.78, 5) is 38.8. The van der Waals surface area contributed by atoms with Crippen LogP contribution in [0.2, 0.25) is 0 Å². The van der Waals surface area contributed by atoms with Gasteiger partial charge in [0.05, 0.1) is 5.84 Å². The van der Waals surface area contributed by atoms with Crippen LogP contribution in [0.3, 0.4) is 0 Å². The first-order valence-electron chi connectivity index (χ1n) is 4.52. The molecule has 0 aromatic rings. The SMILES string of the molecule is CC(N)=NCCCC(O)(P(=O)(O)O)P(=O)(O)O. The van der Waals surface area contributed by atoms with E-state index < -0.39 is 26.7 Å². The number of hydrogen-bond acceptors (Lipinski definition) is 4. The second-order valence-corrected chi connectivity index (χ2v) is 7.50. The number of aliphatic hydroxyl groups is 1. The molecule has 7 N–H and O–H groups in total. The highest BCUT2D eigenvalue weighted by Crippen LogP contribution is 2.69. The molecule has 11 heteroatoms. The van der Waals surface area contributed by atoms with E-state index in [4.69, 9.17) is 25.3 Å². The fraction of sp³-hybridized carbons (Fsp3) is 0.833. The number of amidine groups is 1. The van der Waals surface area contributed by atoms with Crippen LogP contribution in [0.15, 0.2) is 4.99 Å². The van der Waals surface area contributed by atoms with E-state index in [1.807, 2.05) is 0 Å². The molecule has 0 saturated carbocycles. The summed E-state index contributed by atoms with van der Waals surface area (Å²) < 4.78 is 21.8. The van der Waals surface area contributed by atoms with Crippen LogP contribution in [0.4, 0.5) is 0 Å². The minimum absolute atomic E-state index is 0.00461. The lowest BCUT2D eigenvalue weighted by Crippen LogP contribution is -2.28. The summed E-state index contributed by atoms with van der Waals surface area (Å²) in [5.74, 6) is 0.223. The summed E-state index contributed by atoms with van der Waals surface area (Å²) in [7, 11) is -10.7. The maximum atomic E-state index is 10.9. The quantitative estimate of drug-likeness (QED) is 0.159. The summed E-state index contributed by atoms with van der Waals surface area (Å²) in [6.45, 7) is 1.49. The lowest BCUT2D eigenvalue weighted by molar-refractivity contribution is 0.122. The highest BCUT2D eigenvalue weighted by atomic mass is 31.2. The van der Waals surface area contributed by atoms with Crippen LogP contribution in [0.25, 0.3) is 0 Å². The molecule has 0 saturated heterocycles. The van der Waals surface area contributed by atoms with E-state index in [0.29, 0.717) is 0 Å². The van der Waals surface area contributed by atoms with Crippen LogP contribution < -0.4 is 5.73 Å². The second-order valence-electron chi connectivity index (χ2n) is 3.49. The monoisotopic (exact) mass is 290 g/mol. The topological polar surface area (TPSA) is 174 Å². The van der Waals surface area contributed by atoms with E-state index in [0.717, 1.165) is 0 Å². The van der Waals surface area contributed by atoms with Gasteiger partial charge in [0.1, 0.15) is 0 Å². The third-order valence-corrected chi connectivity index (χ3v) is 5.84. The van der Waals surface area contributed by atoms with Gasteiger partial charge in [0.2, 0.25) is 0 Å². The molecular weight excluding hydrogens is 274 g/mol. The van der Waals surface area contributed by atoms with Crippen LogP contribution in [0.1, 0.15) is 19.8 Å². The third kappa shape index (κ3) is 4.48. The Morgan fingerprint density at radius 3 is 1.94 bits per heavy atom. The van der Waals surface area contributed by atoms with Crippen molar-refractivity contribution in [2.24, 2.45) is 10.7 Å². The molecule has 0 aliphatic carbocycles. The zero-order valence-corrected chi connectivity index (χ0v) is 10.9. The predicted molar refractivity (Wildman–Crippen MR) is 60.4 cm³/mol. The third-order valence-electron chi connectivity index (χ3n) is 1.96. The molecule has 0 fully saturated rings. The van der Waals surface area contributed by atoms with Gasteiger partial charge in [0.25, 0.3) is 5.08 Å². The number of nitrogens with two attached hydrogens (primary N) is 1.